The summed E-state index contributed by atoms with van der Waals surface area (Å²) >= 11 is 0. The van der Waals surface area contributed by atoms with Crippen molar-refractivity contribution in [3.63, 3.8) is 0 Å². The third kappa shape index (κ3) is 2.67. The molecule has 5 heteroatoms. The molecule has 5 nitrogen and oxygen atoms in total. The van der Waals surface area contributed by atoms with Gasteiger partial charge in [-0.25, -0.2) is 0 Å². The van der Waals surface area contributed by atoms with Gasteiger partial charge in [0, 0.05) is 12.0 Å². The summed E-state index contributed by atoms with van der Waals surface area (Å²) in [6, 6.07) is 7.68. The molecule has 0 aromatic heterocycles. The number of hydrogen-bond donors (Lipinski definition) is 0. The largest absolute Gasteiger partial charge is 0.298 e. The maximum Gasteiger partial charge on any atom is 0.274 e. The molecule has 17 heavy (non-hydrogen) atoms. The number of para-hydroxylation sites is 1. The lowest BCUT2D eigenvalue weighted by atomic mass is 9.89. The number of nitro benzene ring substituents is 1. The number of hydrogen-bond acceptors (Lipinski definition) is 4. The molecule has 0 saturated carbocycles. The second-order valence-corrected chi connectivity index (χ2v) is 3.94. The van der Waals surface area contributed by atoms with Crippen LogP contribution in [0.5, 0.6) is 0 Å². The Bertz CT molecular complexity index is 489. The number of carbonyl (C=O) groups is 1. The summed E-state index contributed by atoms with van der Waals surface area (Å²) in [6.45, 7) is 3.34. The Morgan fingerprint density at radius 3 is 2.47 bits per heavy atom. The zero-order valence-corrected chi connectivity index (χ0v) is 9.58. The molecule has 0 heterocycles. The zero-order chi connectivity index (χ0) is 13.0. The van der Waals surface area contributed by atoms with Gasteiger partial charge in [0.2, 0.25) is 0 Å². The van der Waals surface area contributed by atoms with E-state index in [9.17, 15) is 14.9 Å². The maximum atomic E-state index is 11.8. The van der Waals surface area contributed by atoms with Crippen LogP contribution in [0.3, 0.4) is 0 Å². The molecule has 0 aliphatic carbocycles. The molecule has 1 aromatic carbocycles. The summed E-state index contributed by atoms with van der Waals surface area (Å²) in [5, 5.41) is 19.8. The van der Waals surface area contributed by atoms with Crippen LogP contribution in [0.15, 0.2) is 24.3 Å². The minimum Gasteiger partial charge on any atom is -0.298 e. The highest BCUT2D eigenvalue weighted by atomic mass is 16.6. The Morgan fingerprint density at radius 1 is 1.41 bits per heavy atom. The number of rotatable bonds is 4. The van der Waals surface area contributed by atoms with Crippen molar-refractivity contribution in [2.24, 2.45) is 5.92 Å². The summed E-state index contributed by atoms with van der Waals surface area (Å²) in [4.78, 5) is 22.0. The van der Waals surface area contributed by atoms with E-state index < -0.39 is 10.8 Å². The van der Waals surface area contributed by atoms with E-state index in [0.29, 0.717) is 0 Å². The Labute approximate surface area is 98.8 Å². The third-order valence-corrected chi connectivity index (χ3v) is 2.43. The molecule has 88 valence electrons. The van der Waals surface area contributed by atoms with E-state index in [0.717, 1.165) is 0 Å². The van der Waals surface area contributed by atoms with Crippen LogP contribution in [-0.2, 0) is 4.79 Å². The smallest absolute Gasteiger partial charge is 0.274 e. The van der Waals surface area contributed by atoms with Crippen molar-refractivity contribution < 1.29 is 9.72 Å². The third-order valence-electron chi connectivity index (χ3n) is 2.43. The minimum atomic E-state index is -1.07. The Morgan fingerprint density at radius 2 is 2.00 bits per heavy atom. The lowest BCUT2D eigenvalue weighted by Gasteiger charge is -2.11. The predicted octanol–water partition coefficient (Wildman–Crippen LogP) is 2.43. The molecule has 0 spiro atoms. The van der Waals surface area contributed by atoms with Crippen molar-refractivity contribution in [2.75, 3.05) is 0 Å². The van der Waals surface area contributed by atoms with E-state index in [1.807, 2.05) is 6.07 Å². The highest BCUT2D eigenvalue weighted by Crippen LogP contribution is 2.28. The molecule has 1 aromatic rings. The van der Waals surface area contributed by atoms with Gasteiger partial charge in [0.1, 0.15) is 5.92 Å². The van der Waals surface area contributed by atoms with E-state index in [-0.39, 0.29) is 23.0 Å². The molecule has 0 saturated heterocycles. The monoisotopic (exact) mass is 232 g/mol. The number of nitriles is 1. The van der Waals surface area contributed by atoms with Crippen LogP contribution in [0.2, 0.25) is 0 Å². The number of Topliss-reactive ketones (excluding diaryl/α,β-unsaturated/α-hetero) is 1. The van der Waals surface area contributed by atoms with Crippen LogP contribution < -0.4 is 0 Å². The molecule has 0 N–H and O–H groups in total. The summed E-state index contributed by atoms with van der Waals surface area (Å²) in [6.07, 6.45) is 0. The van der Waals surface area contributed by atoms with Crippen molar-refractivity contribution in [1.82, 2.24) is 0 Å². The highest BCUT2D eigenvalue weighted by molar-refractivity contribution is 5.90. The normalized spacial score (nSPS) is 11.9. The molecular formula is C12H12N2O3. The highest BCUT2D eigenvalue weighted by Gasteiger charge is 2.28. The van der Waals surface area contributed by atoms with Crippen molar-refractivity contribution in [3.05, 3.63) is 39.9 Å². The predicted molar refractivity (Wildman–Crippen MR) is 61.3 cm³/mol. The first-order valence-electron chi connectivity index (χ1n) is 5.15. The summed E-state index contributed by atoms with van der Waals surface area (Å²) in [5.74, 6) is -1.71. The van der Waals surface area contributed by atoms with Gasteiger partial charge in [-0.2, -0.15) is 5.26 Å². The summed E-state index contributed by atoms with van der Waals surface area (Å²) in [7, 11) is 0. The number of benzene rings is 1. The van der Waals surface area contributed by atoms with Crippen LogP contribution in [-0.4, -0.2) is 10.7 Å². The number of nitrogens with zero attached hydrogens (tertiary/aromatic N) is 2. The second-order valence-electron chi connectivity index (χ2n) is 3.94. The van der Waals surface area contributed by atoms with E-state index >= 15 is 0 Å². The Hall–Kier alpha value is -2.22. The van der Waals surface area contributed by atoms with E-state index in [1.54, 1.807) is 19.9 Å². The molecule has 0 radical (unpaired) electrons. The molecule has 0 amide bonds. The maximum absolute atomic E-state index is 11.8. The van der Waals surface area contributed by atoms with Gasteiger partial charge < -0.3 is 0 Å². The molecular weight excluding hydrogens is 220 g/mol. The van der Waals surface area contributed by atoms with Crippen LogP contribution in [0.1, 0.15) is 25.3 Å². The van der Waals surface area contributed by atoms with Gasteiger partial charge in [-0.05, 0) is 0 Å². The van der Waals surface area contributed by atoms with Crippen LogP contribution in [0, 0.1) is 27.4 Å². The first kappa shape index (κ1) is 12.8. The van der Waals surface area contributed by atoms with E-state index in [4.69, 9.17) is 5.26 Å². The van der Waals surface area contributed by atoms with E-state index in [1.165, 1.54) is 18.2 Å². The molecule has 0 bridgehead atoms. The molecule has 1 atom stereocenters. The molecule has 1 rings (SSSR count). The number of nitro groups is 1. The molecule has 0 unspecified atom stereocenters. The second kappa shape index (κ2) is 5.21. The average molecular weight is 232 g/mol. The van der Waals surface area contributed by atoms with Crippen molar-refractivity contribution in [2.45, 2.75) is 19.8 Å². The zero-order valence-electron chi connectivity index (χ0n) is 9.58. The molecule has 0 aliphatic rings. The Kier molecular flexibility index (Phi) is 3.94. The minimum absolute atomic E-state index is 0.165. The molecule has 0 aliphatic heterocycles. The van der Waals surface area contributed by atoms with E-state index in [2.05, 4.69) is 0 Å². The lowest BCUT2D eigenvalue weighted by Crippen LogP contribution is -2.17. The van der Waals surface area contributed by atoms with Gasteiger partial charge in [0.15, 0.2) is 5.78 Å². The average Bonchev–Trinajstić information content (AvgIpc) is 2.30. The van der Waals surface area contributed by atoms with Crippen LogP contribution in [0.4, 0.5) is 5.69 Å². The summed E-state index contributed by atoms with van der Waals surface area (Å²) < 4.78 is 0. The van der Waals surface area contributed by atoms with Gasteiger partial charge in [-0.15, -0.1) is 0 Å². The topological polar surface area (TPSA) is 84.0 Å². The van der Waals surface area contributed by atoms with Crippen LogP contribution in [0.25, 0.3) is 0 Å². The van der Waals surface area contributed by atoms with Crippen molar-refractivity contribution >= 4 is 11.5 Å². The lowest BCUT2D eigenvalue weighted by molar-refractivity contribution is -0.385. The fraction of sp³-hybridized carbons (Fsp3) is 0.333. The first-order valence-corrected chi connectivity index (χ1v) is 5.15. The quantitative estimate of drug-likeness (QED) is 0.589. The summed E-state index contributed by atoms with van der Waals surface area (Å²) in [5.41, 5.74) is -0.0215. The van der Waals surface area contributed by atoms with Gasteiger partial charge in [-0.1, -0.05) is 32.0 Å². The fourth-order valence-electron chi connectivity index (χ4n) is 1.52. The molecule has 0 fully saturated rings. The SMILES string of the molecule is CC(C)C(=O)[C@@H](C#N)c1ccccc1[N+](=O)[O-]. The Balaban J connectivity index is 3.27. The van der Waals surface area contributed by atoms with Gasteiger partial charge >= 0.3 is 0 Å². The standard InChI is InChI=1S/C12H12N2O3/c1-8(2)12(15)10(7-13)9-5-3-4-6-11(9)14(16)17/h3-6,8,10H,1-2H3/t10-/m0/s1. The first-order chi connectivity index (χ1) is 7.99. The van der Waals surface area contributed by atoms with Gasteiger partial charge in [0.25, 0.3) is 5.69 Å². The van der Waals surface area contributed by atoms with Crippen molar-refractivity contribution in [3.8, 4) is 6.07 Å². The van der Waals surface area contributed by atoms with Crippen molar-refractivity contribution in [1.29, 1.82) is 5.26 Å². The number of carbonyl (C=O) groups excluding carboxylic acids is 1. The number of ketones is 1. The van der Waals surface area contributed by atoms with Gasteiger partial charge in [-0.3, -0.25) is 14.9 Å². The van der Waals surface area contributed by atoms with Crippen LogP contribution >= 0.6 is 0 Å². The van der Waals surface area contributed by atoms with Gasteiger partial charge in [0.05, 0.1) is 16.6 Å². The fourth-order valence-corrected chi connectivity index (χ4v) is 1.52.